The molecule has 0 aliphatic carbocycles. The lowest BCUT2D eigenvalue weighted by molar-refractivity contribution is -0.143. The van der Waals surface area contributed by atoms with Crippen LogP contribution in [0, 0.1) is 5.92 Å². The molecule has 2 fully saturated rings. The predicted octanol–water partition coefficient (Wildman–Crippen LogP) is 2.96. The minimum absolute atomic E-state index is 0.0193. The van der Waals surface area contributed by atoms with E-state index in [-0.39, 0.29) is 36.9 Å². The Morgan fingerprint density at radius 1 is 1.03 bits per heavy atom. The molecule has 2 heterocycles. The molecule has 12 heteroatoms. The van der Waals surface area contributed by atoms with Crippen LogP contribution in [-0.2, 0) is 23.8 Å². The molecular weight excluding hydrogens is 463 g/mol. The maximum atomic E-state index is 11.5. The van der Waals surface area contributed by atoms with Crippen LogP contribution < -0.4 is 0 Å². The Kier molecular flexibility index (Phi) is 10.2. The standard InChI is InChI=1S/C9H12Cl3NO3.C9H13NO4/c1-5(2)7(14)6-3-13(6)8(15)16-4-9(10,11)12;1-3-5-14-9(12)10-6-7(10)8(11)13-4-2/h5-6H,3-4H2,1-2H3;3,7H,1,4-6H2,2H3. The molecule has 0 aromatic rings. The van der Waals surface area contributed by atoms with Crippen molar-refractivity contribution in [2.45, 2.75) is 36.6 Å². The first kappa shape index (κ1) is 26.3. The van der Waals surface area contributed by atoms with Crippen molar-refractivity contribution in [2.24, 2.45) is 5.92 Å². The highest BCUT2D eigenvalue weighted by molar-refractivity contribution is 6.67. The molecule has 2 aliphatic rings. The van der Waals surface area contributed by atoms with E-state index in [2.05, 4.69) is 6.58 Å². The summed E-state index contributed by atoms with van der Waals surface area (Å²) < 4.78 is 12.6. The van der Waals surface area contributed by atoms with Crippen LogP contribution in [0.4, 0.5) is 9.59 Å². The number of alkyl halides is 3. The molecule has 0 radical (unpaired) electrons. The highest BCUT2D eigenvalue weighted by atomic mass is 35.6. The SMILES string of the molecule is C=CCOC(=O)N1CC1C(=O)OCC.CC(C)C(=O)C1CN1C(=O)OCC(Cl)(Cl)Cl. The second kappa shape index (κ2) is 11.6. The summed E-state index contributed by atoms with van der Waals surface area (Å²) in [4.78, 5) is 47.7. The van der Waals surface area contributed by atoms with Crippen LogP contribution >= 0.6 is 34.8 Å². The van der Waals surface area contributed by atoms with Crippen molar-refractivity contribution >= 4 is 58.7 Å². The summed E-state index contributed by atoms with van der Waals surface area (Å²) in [6, 6.07) is -0.824. The number of halogens is 3. The van der Waals surface area contributed by atoms with Gasteiger partial charge in [0.2, 0.25) is 3.79 Å². The Morgan fingerprint density at radius 2 is 1.57 bits per heavy atom. The summed E-state index contributed by atoms with van der Waals surface area (Å²) in [5.41, 5.74) is 0. The van der Waals surface area contributed by atoms with E-state index in [1.165, 1.54) is 15.9 Å². The summed E-state index contributed by atoms with van der Waals surface area (Å²) in [5, 5.41) is 0. The molecule has 2 saturated heterocycles. The molecule has 30 heavy (non-hydrogen) atoms. The molecular formula is C18H25Cl3N2O7. The number of Topliss-reactive ketones (excluding diaryl/α,β-unsaturated/α-hetero) is 1. The van der Waals surface area contributed by atoms with Crippen molar-refractivity contribution < 1.29 is 33.4 Å². The Morgan fingerprint density at radius 3 is 2.07 bits per heavy atom. The molecule has 0 spiro atoms. The molecule has 9 nitrogen and oxygen atoms in total. The van der Waals surface area contributed by atoms with E-state index in [1.807, 2.05) is 0 Å². The second-order valence-electron chi connectivity index (χ2n) is 6.68. The van der Waals surface area contributed by atoms with Crippen molar-refractivity contribution in [1.82, 2.24) is 9.80 Å². The maximum Gasteiger partial charge on any atom is 0.410 e. The monoisotopic (exact) mass is 486 g/mol. The van der Waals surface area contributed by atoms with Crippen LogP contribution in [0.2, 0.25) is 0 Å². The smallest absolute Gasteiger partial charge is 0.410 e. The zero-order valence-corrected chi connectivity index (χ0v) is 19.2. The number of nitrogens with zero attached hydrogens (tertiary/aromatic N) is 2. The number of hydrogen-bond acceptors (Lipinski definition) is 7. The quantitative estimate of drug-likeness (QED) is 0.179. The second-order valence-corrected chi connectivity index (χ2v) is 9.20. The van der Waals surface area contributed by atoms with Crippen molar-refractivity contribution in [3.8, 4) is 0 Å². The number of esters is 1. The van der Waals surface area contributed by atoms with E-state index in [9.17, 15) is 19.2 Å². The molecule has 2 unspecified atom stereocenters. The number of ether oxygens (including phenoxy) is 3. The molecule has 0 N–H and O–H groups in total. The van der Waals surface area contributed by atoms with Gasteiger partial charge >= 0.3 is 18.2 Å². The van der Waals surface area contributed by atoms with E-state index < -0.39 is 22.0 Å². The van der Waals surface area contributed by atoms with Gasteiger partial charge < -0.3 is 14.2 Å². The van der Waals surface area contributed by atoms with Gasteiger partial charge in [0, 0.05) is 5.92 Å². The molecule has 2 rings (SSSR count). The Labute approximate surface area is 190 Å². The first-order valence-electron chi connectivity index (χ1n) is 9.17. The van der Waals surface area contributed by atoms with Gasteiger partial charge in [-0.15, -0.1) is 0 Å². The van der Waals surface area contributed by atoms with Gasteiger partial charge in [0.15, 0.2) is 11.8 Å². The van der Waals surface area contributed by atoms with E-state index >= 15 is 0 Å². The van der Waals surface area contributed by atoms with Crippen LogP contribution in [0.3, 0.4) is 0 Å². The number of amides is 2. The normalized spacial score (nSPS) is 19.3. The van der Waals surface area contributed by atoms with Crippen LogP contribution in [0.1, 0.15) is 20.8 Å². The van der Waals surface area contributed by atoms with Gasteiger partial charge in [-0.3, -0.25) is 14.6 Å². The van der Waals surface area contributed by atoms with E-state index in [0.717, 1.165) is 0 Å². The maximum absolute atomic E-state index is 11.5. The molecule has 0 aromatic heterocycles. The fourth-order valence-corrected chi connectivity index (χ4v) is 2.35. The van der Waals surface area contributed by atoms with Crippen molar-refractivity contribution in [3.63, 3.8) is 0 Å². The number of hydrogen-bond donors (Lipinski definition) is 0. The summed E-state index contributed by atoms with van der Waals surface area (Å²) in [7, 11) is 0. The fraction of sp³-hybridized carbons (Fsp3) is 0.667. The third kappa shape index (κ3) is 8.97. The highest BCUT2D eigenvalue weighted by Crippen LogP contribution is 2.28. The van der Waals surface area contributed by atoms with Crippen LogP contribution in [0.5, 0.6) is 0 Å². The molecule has 0 bridgehead atoms. The molecule has 2 aliphatic heterocycles. The summed E-state index contributed by atoms with van der Waals surface area (Å²) in [5.74, 6) is -0.454. The number of rotatable bonds is 7. The van der Waals surface area contributed by atoms with Crippen molar-refractivity contribution in [3.05, 3.63) is 12.7 Å². The summed E-state index contributed by atoms with van der Waals surface area (Å²) >= 11 is 16.3. The lowest BCUT2D eigenvalue weighted by Gasteiger charge is -2.12. The lowest BCUT2D eigenvalue weighted by Crippen LogP contribution is -2.25. The van der Waals surface area contributed by atoms with Gasteiger partial charge in [-0.05, 0) is 6.92 Å². The van der Waals surface area contributed by atoms with Gasteiger partial charge in [0.1, 0.15) is 19.3 Å². The van der Waals surface area contributed by atoms with Gasteiger partial charge in [-0.2, -0.15) is 0 Å². The Hall–Kier alpha value is -1.71. The average molecular weight is 488 g/mol. The molecule has 2 amide bonds. The molecule has 0 saturated carbocycles. The van der Waals surface area contributed by atoms with E-state index in [0.29, 0.717) is 19.7 Å². The molecule has 170 valence electrons. The highest BCUT2D eigenvalue weighted by Gasteiger charge is 2.47. The summed E-state index contributed by atoms with van der Waals surface area (Å²) in [6.07, 6.45) is 0.356. The first-order chi connectivity index (χ1) is 13.9. The minimum atomic E-state index is -1.62. The lowest BCUT2D eigenvalue weighted by atomic mass is 10.1. The fourth-order valence-electron chi connectivity index (χ4n) is 2.19. The number of ketones is 1. The third-order valence-electron chi connectivity index (χ3n) is 3.83. The minimum Gasteiger partial charge on any atom is -0.464 e. The number of carbonyl (C=O) groups is 4. The first-order valence-corrected chi connectivity index (χ1v) is 10.3. The van der Waals surface area contributed by atoms with Crippen LogP contribution in [0.15, 0.2) is 12.7 Å². The Balaban J connectivity index is 0.000000303. The number of carbonyl (C=O) groups excluding carboxylic acids is 4. The molecule has 2 atom stereocenters. The zero-order valence-electron chi connectivity index (χ0n) is 16.9. The van der Waals surface area contributed by atoms with Crippen LogP contribution in [0.25, 0.3) is 0 Å². The predicted molar refractivity (Wildman–Crippen MR) is 111 cm³/mol. The summed E-state index contributed by atoms with van der Waals surface area (Å²) in [6.45, 7) is 9.62. The van der Waals surface area contributed by atoms with Gasteiger partial charge in [-0.1, -0.05) is 61.3 Å². The third-order valence-corrected chi connectivity index (χ3v) is 4.16. The van der Waals surface area contributed by atoms with E-state index in [1.54, 1.807) is 20.8 Å². The van der Waals surface area contributed by atoms with Crippen molar-refractivity contribution in [2.75, 3.05) is 32.9 Å². The largest absolute Gasteiger partial charge is 0.464 e. The zero-order chi connectivity index (χ0) is 23.1. The topological polar surface area (TPSA) is 102 Å². The van der Waals surface area contributed by atoms with Crippen molar-refractivity contribution in [1.29, 1.82) is 0 Å². The van der Waals surface area contributed by atoms with E-state index in [4.69, 9.17) is 49.0 Å². The van der Waals surface area contributed by atoms with Gasteiger partial charge in [0.05, 0.1) is 19.7 Å². The average Bonchev–Trinajstić information content (AvgIpc) is 3.56. The molecule has 0 aromatic carbocycles. The van der Waals surface area contributed by atoms with Crippen LogP contribution in [-0.4, -0.2) is 82.5 Å². The van der Waals surface area contributed by atoms with Gasteiger partial charge in [-0.25, -0.2) is 14.4 Å². The van der Waals surface area contributed by atoms with Gasteiger partial charge in [0.25, 0.3) is 0 Å². The Bertz CT molecular complexity index is 667.